The van der Waals surface area contributed by atoms with Gasteiger partial charge in [-0.15, -0.1) is 0 Å². The minimum atomic E-state index is -1.13. The first-order chi connectivity index (χ1) is 8.63. The molecule has 0 spiro atoms. The van der Waals surface area contributed by atoms with Gasteiger partial charge in [-0.25, -0.2) is 9.59 Å². The quantitative estimate of drug-likeness (QED) is 0.691. The van der Waals surface area contributed by atoms with Gasteiger partial charge in [0.25, 0.3) is 0 Å². The van der Waals surface area contributed by atoms with Gasteiger partial charge in [0.1, 0.15) is 0 Å². The van der Waals surface area contributed by atoms with Crippen molar-refractivity contribution in [3.05, 3.63) is 35.9 Å². The molecule has 2 amide bonds. The fourth-order valence-electron chi connectivity index (χ4n) is 1.33. The lowest BCUT2D eigenvalue weighted by molar-refractivity contribution is -0.140. The van der Waals surface area contributed by atoms with E-state index in [1.807, 2.05) is 30.3 Å². The summed E-state index contributed by atoms with van der Waals surface area (Å²) in [5, 5.41) is 13.7. The number of hydrogen-bond acceptors (Lipinski definition) is 3. The summed E-state index contributed by atoms with van der Waals surface area (Å²) in [6.45, 7) is 0.264. The summed E-state index contributed by atoms with van der Waals surface area (Å²) < 4.78 is 4.71. The van der Waals surface area contributed by atoms with Crippen molar-refractivity contribution in [1.29, 1.82) is 0 Å². The number of amides is 2. The first kappa shape index (κ1) is 14.0. The lowest BCUT2D eigenvalue weighted by Gasteiger charge is -2.14. The number of hydrogen-bond donors (Lipinski definition) is 3. The highest BCUT2D eigenvalue weighted by molar-refractivity contribution is 5.82. The van der Waals surface area contributed by atoms with Crippen LogP contribution >= 0.6 is 0 Å². The van der Waals surface area contributed by atoms with E-state index < -0.39 is 18.0 Å². The van der Waals surface area contributed by atoms with Crippen LogP contribution in [-0.2, 0) is 16.1 Å². The molecule has 1 aromatic rings. The topological polar surface area (TPSA) is 87.7 Å². The lowest BCUT2D eigenvalue weighted by Crippen LogP contribution is -2.48. The van der Waals surface area contributed by atoms with Gasteiger partial charge in [0, 0.05) is 13.7 Å². The van der Waals surface area contributed by atoms with Crippen molar-refractivity contribution in [2.24, 2.45) is 0 Å². The summed E-state index contributed by atoms with van der Waals surface area (Å²) in [4.78, 5) is 22.2. The van der Waals surface area contributed by atoms with Crippen LogP contribution in [-0.4, -0.2) is 36.9 Å². The second kappa shape index (κ2) is 7.29. The Labute approximate surface area is 105 Å². The number of benzene rings is 1. The Morgan fingerprint density at radius 2 is 2.00 bits per heavy atom. The molecular formula is C12H16N2O4. The molecule has 0 bridgehead atoms. The smallest absolute Gasteiger partial charge is 0.328 e. The van der Waals surface area contributed by atoms with Crippen LogP contribution in [0, 0.1) is 0 Å². The van der Waals surface area contributed by atoms with Gasteiger partial charge in [0.05, 0.1) is 6.61 Å². The Bertz CT molecular complexity index is 394. The molecule has 0 radical (unpaired) electrons. The molecule has 0 heterocycles. The van der Waals surface area contributed by atoms with Crippen LogP contribution < -0.4 is 10.6 Å². The van der Waals surface area contributed by atoms with Gasteiger partial charge in [-0.1, -0.05) is 30.3 Å². The third-order valence-electron chi connectivity index (χ3n) is 2.23. The summed E-state index contributed by atoms with van der Waals surface area (Å²) >= 11 is 0. The molecule has 98 valence electrons. The van der Waals surface area contributed by atoms with Crippen molar-refractivity contribution in [2.45, 2.75) is 12.6 Å². The molecule has 6 nitrogen and oxygen atoms in total. The zero-order valence-electron chi connectivity index (χ0n) is 10.1. The third-order valence-corrected chi connectivity index (χ3v) is 2.23. The second-order valence-corrected chi connectivity index (χ2v) is 3.66. The van der Waals surface area contributed by atoms with E-state index in [4.69, 9.17) is 9.84 Å². The first-order valence-corrected chi connectivity index (χ1v) is 5.43. The molecule has 0 fully saturated rings. The molecule has 0 aliphatic carbocycles. The minimum absolute atomic E-state index is 0.0753. The van der Waals surface area contributed by atoms with Crippen LogP contribution in [0.2, 0.25) is 0 Å². The Morgan fingerprint density at radius 1 is 1.33 bits per heavy atom. The number of aliphatic carboxylic acids is 1. The van der Waals surface area contributed by atoms with E-state index in [9.17, 15) is 9.59 Å². The van der Waals surface area contributed by atoms with E-state index in [0.717, 1.165) is 5.56 Å². The highest BCUT2D eigenvalue weighted by Gasteiger charge is 2.19. The molecule has 1 unspecified atom stereocenters. The molecule has 1 rings (SSSR count). The monoisotopic (exact) mass is 252 g/mol. The molecular weight excluding hydrogens is 236 g/mol. The number of methoxy groups -OCH3 is 1. The Hall–Kier alpha value is -2.08. The predicted molar refractivity (Wildman–Crippen MR) is 65.1 cm³/mol. The summed E-state index contributed by atoms with van der Waals surface area (Å²) in [7, 11) is 1.37. The number of carbonyl (C=O) groups excluding carboxylic acids is 1. The summed E-state index contributed by atoms with van der Waals surface area (Å²) in [6.07, 6.45) is 0. The van der Waals surface area contributed by atoms with E-state index in [2.05, 4.69) is 10.6 Å². The van der Waals surface area contributed by atoms with Crippen molar-refractivity contribution < 1.29 is 19.4 Å². The molecule has 3 N–H and O–H groups in total. The number of carboxylic acid groups (broad SMARTS) is 1. The maximum Gasteiger partial charge on any atom is 0.328 e. The average Bonchev–Trinajstić information content (AvgIpc) is 2.37. The Balaban J connectivity index is 2.39. The van der Waals surface area contributed by atoms with Crippen molar-refractivity contribution in [2.75, 3.05) is 13.7 Å². The highest BCUT2D eigenvalue weighted by atomic mass is 16.5. The standard InChI is InChI=1S/C12H16N2O4/c1-18-8-10(11(15)16)14-12(17)13-7-9-5-3-2-4-6-9/h2-6,10H,7-8H2,1H3,(H,15,16)(H2,13,14,17). The van der Waals surface area contributed by atoms with Crippen LogP contribution in [0.3, 0.4) is 0 Å². The van der Waals surface area contributed by atoms with Crippen LogP contribution in [0.1, 0.15) is 5.56 Å². The van der Waals surface area contributed by atoms with E-state index in [1.54, 1.807) is 0 Å². The van der Waals surface area contributed by atoms with E-state index in [-0.39, 0.29) is 6.61 Å². The first-order valence-electron chi connectivity index (χ1n) is 5.43. The SMILES string of the molecule is COCC(NC(=O)NCc1ccccc1)C(=O)O. The van der Waals surface area contributed by atoms with Gasteiger partial charge >= 0.3 is 12.0 Å². The van der Waals surface area contributed by atoms with Crippen LogP contribution in [0.4, 0.5) is 4.79 Å². The minimum Gasteiger partial charge on any atom is -0.480 e. The number of carbonyl (C=O) groups is 2. The maximum absolute atomic E-state index is 11.5. The molecule has 1 aromatic carbocycles. The Morgan fingerprint density at radius 3 is 2.56 bits per heavy atom. The van der Waals surface area contributed by atoms with Crippen molar-refractivity contribution in [3.8, 4) is 0 Å². The lowest BCUT2D eigenvalue weighted by atomic mass is 10.2. The second-order valence-electron chi connectivity index (χ2n) is 3.66. The molecule has 0 aliphatic rings. The number of rotatable bonds is 6. The van der Waals surface area contributed by atoms with Gasteiger partial charge in [-0.05, 0) is 5.56 Å². The van der Waals surface area contributed by atoms with Crippen molar-refractivity contribution >= 4 is 12.0 Å². The number of urea groups is 1. The molecule has 0 aliphatic heterocycles. The van der Waals surface area contributed by atoms with Crippen LogP contribution in [0.25, 0.3) is 0 Å². The Kier molecular flexibility index (Phi) is 5.66. The summed E-state index contributed by atoms with van der Waals surface area (Å²) in [5.41, 5.74) is 0.936. The molecule has 0 saturated carbocycles. The third kappa shape index (κ3) is 4.84. The van der Waals surface area contributed by atoms with E-state index >= 15 is 0 Å². The molecule has 0 saturated heterocycles. The van der Waals surface area contributed by atoms with E-state index in [1.165, 1.54) is 7.11 Å². The fourth-order valence-corrected chi connectivity index (χ4v) is 1.33. The molecule has 0 aromatic heterocycles. The number of nitrogens with one attached hydrogen (secondary N) is 2. The number of ether oxygens (including phenoxy) is 1. The average molecular weight is 252 g/mol. The summed E-state index contributed by atoms with van der Waals surface area (Å²) in [5.74, 6) is -1.13. The van der Waals surface area contributed by atoms with Gasteiger partial charge < -0.3 is 20.5 Å². The predicted octanol–water partition coefficient (Wildman–Crippen LogP) is 0.585. The largest absolute Gasteiger partial charge is 0.480 e. The van der Waals surface area contributed by atoms with Crippen molar-refractivity contribution in [1.82, 2.24) is 10.6 Å². The van der Waals surface area contributed by atoms with E-state index in [0.29, 0.717) is 6.54 Å². The van der Waals surface area contributed by atoms with Gasteiger partial charge in [-0.2, -0.15) is 0 Å². The van der Waals surface area contributed by atoms with Crippen LogP contribution in [0.5, 0.6) is 0 Å². The zero-order valence-corrected chi connectivity index (χ0v) is 10.1. The fraction of sp³-hybridized carbons (Fsp3) is 0.333. The van der Waals surface area contributed by atoms with Gasteiger partial charge in [-0.3, -0.25) is 0 Å². The zero-order chi connectivity index (χ0) is 13.4. The summed E-state index contributed by atoms with van der Waals surface area (Å²) in [6, 6.07) is 7.74. The van der Waals surface area contributed by atoms with Crippen molar-refractivity contribution in [3.63, 3.8) is 0 Å². The highest BCUT2D eigenvalue weighted by Crippen LogP contribution is 1.97. The maximum atomic E-state index is 11.5. The molecule has 18 heavy (non-hydrogen) atoms. The normalized spacial score (nSPS) is 11.6. The number of carboxylic acids is 1. The molecule has 6 heteroatoms. The molecule has 1 atom stereocenters. The van der Waals surface area contributed by atoms with Gasteiger partial charge in [0.2, 0.25) is 0 Å². The van der Waals surface area contributed by atoms with Crippen LogP contribution in [0.15, 0.2) is 30.3 Å². The van der Waals surface area contributed by atoms with Gasteiger partial charge in [0.15, 0.2) is 6.04 Å².